The number of rotatable bonds is 7. The summed E-state index contributed by atoms with van der Waals surface area (Å²) in [4.78, 5) is 0. The van der Waals surface area contributed by atoms with E-state index >= 15 is 0 Å². The molecule has 0 aliphatic heterocycles. The molecule has 0 aromatic carbocycles. The standard InChI is InChI=1S/C3H15Cl3O3Si5/c1-3-13(2,14(4,5)6)9-12-8-11-7-10/h3,11-12H2,1-2,10H3. The van der Waals surface area contributed by atoms with Crippen molar-refractivity contribution in [2.24, 2.45) is 0 Å². The van der Waals surface area contributed by atoms with E-state index in [1.807, 2.05) is 13.5 Å². The van der Waals surface area contributed by atoms with Crippen LogP contribution in [0.3, 0.4) is 0 Å². The lowest BCUT2D eigenvalue weighted by molar-refractivity contribution is 0.430. The second-order valence-corrected chi connectivity index (χ2v) is 27.8. The van der Waals surface area contributed by atoms with Gasteiger partial charge in [0.1, 0.15) is 10.5 Å². The second kappa shape index (κ2) is 7.22. The Morgan fingerprint density at radius 1 is 1.29 bits per heavy atom. The average Bonchev–Trinajstić information content (AvgIpc) is 2.10. The number of hydrogen-bond acceptors (Lipinski definition) is 3. The quantitative estimate of drug-likeness (QED) is 0.358. The predicted molar refractivity (Wildman–Crippen MR) is 75.7 cm³/mol. The van der Waals surface area contributed by atoms with Crippen molar-refractivity contribution < 1.29 is 12.3 Å². The third-order valence-electron chi connectivity index (χ3n) is 1.94. The van der Waals surface area contributed by atoms with E-state index < -0.39 is 33.4 Å². The van der Waals surface area contributed by atoms with Gasteiger partial charge in [0, 0.05) is 0 Å². The van der Waals surface area contributed by atoms with E-state index in [2.05, 4.69) is 0 Å². The van der Waals surface area contributed by atoms with E-state index in [4.69, 9.17) is 45.6 Å². The summed E-state index contributed by atoms with van der Waals surface area (Å²) >= 11 is 18.0. The first-order chi connectivity index (χ1) is 6.37. The summed E-state index contributed by atoms with van der Waals surface area (Å²) in [6.07, 6.45) is 0. The maximum absolute atomic E-state index is 6.01. The fourth-order valence-corrected chi connectivity index (χ4v) is 18.3. The highest BCUT2D eigenvalue weighted by molar-refractivity contribution is 7.88. The minimum atomic E-state index is -2.70. The Bertz CT molecular complexity index is 168. The van der Waals surface area contributed by atoms with Crippen LogP contribution in [0.15, 0.2) is 0 Å². The second-order valence-electron chi connectivity index (χ2n) is 2.96. The van der Waals surface area contributed by atoms with Crippen LogP contribution in [0, 0.1) is 0 Å². The highest BCUT2D eigenvalue weighted by atomic mass is 35.8. The lowest BCUT2D eigenvalue weighted by Crippen LogP contribution is -2.53. The maximum Gasteiger partial charge on any atom is 0.353 e. The SMILES string of the molecule is CC[Si](C)(O[SiH2]O[SiH2]O[SiH3])[Si](Cl)(Cl)Cl. The molecule has 0 aliphatic rings. The maximum atomic E-state index is 6.01. The van der Waals surface area contributed by atoms with Crippen LogP contribution in [0.1, 0.15) is 6.92 Å². The van der Waals surface area contributed by atoms with Crippen LogP contribution in [0.25, 0.3) is 0 Å². The van der Waals surface area contributed by atoms with Gasteiger partial charge in [-0.3, -0.25) is 0 Å². The molecule has 0 amide bonds. The third-order valence-corrected chi connectivity index (χ3v) is 26.5. The molecule has 11 heteroatoms. The summed E-state index contributed by atoms with van der Waals surface area (Å²) in [7, 11) is -3.18. The molecule has 1 atom stereocenters. The zero-order valence-corrected chi connectivity index (χ0v) is 17.6. The van der Waals surface area contributed by atoms with Crippen LogP contribution in [-0.2, 0) is 12.3 Å². The van der Waals surface area contributed by atoms with E-state index in [0.717, 1.165) is 16.5 Å². The highest BCUT2D eigenvalue weighted by Crippen LogP contribution is 2.34. The molecule has 0 aromatic rings. The van der Waals surface area contributed by atoms with Crippen molar-refractivity contribution >= 4 is 77.1 Å². The van der Waals surface area contributed by atoms with Crippen molar-refractivity contribution in [2.45, 2.75) is 19.5 Å². The highest BCUT2D eigenvalue weighted by Gasteiger charge is 2.50. The Labute approximate surface area is 108 Å². The Balaban J connectivity index is 4.01. The zero-order valence-electron chi connectivity index (χ0n) is 8.48. The van der Waals surface area contributed by atoms with E-state index in [1.54, 1.807) is 0 Å². The molecule has 0 aliphatic carbocycles. The summed E-state index contributed by atoms with van der Waals surface area (Å²) in [5, 5.41) is 0. The normalized spacial score (nSPS) is 18.6. The number of hydrogen-bond donors (Lipinski definition) is 0. The molecule has 14 heavy (non-hydrogen) atoms. The molecular formula is C3H15Cl3O3Si5. The predicted octanol–water partition coefficient (Wildman–Crippen LogP) is -0.357. The summed E-state index contributed by atoms with van der Waals surface area (Å²) in [6, 6.07) is 0.829. The first kappa shape index (κ1) is 15.8. The topological polar surface area (TPSA) is 27.7 Å². The van der Waals surface area contributed by atoms with Gasteiger partial charge in [-0.05, 0) is 12.6 Å². The van der Waals surface area contributed by atoms with Gasteiger partial charge in [-0.1, -0.05) is 6.92 Å². The van der Waals surface area contributed by atoms with Crippen LogP contribution in [0.4, 0.5) is 0 Å². The Morgan fingerprint density at radius 2 is 1.86 bits per heavy atom. The molecular weight excluding hydrogens is 331 g/mol. The molecule has 3 nitrogen and oxygen atoms in total. The summed E-state index contributed by atoms with van der Waals surface area (Å²) < 4.78 is 16.1. The average molecular weight is 346 g/mol. The first-order valence-corrected chi connectivity index (χ1v) is 15.9. The van der Waals surface area contributed by atoms with Gasteiger partial charge >= 0.3 is 5.52 Å². The largest absolute Gasteiger partial charge is 0.449 e. The number of halogens is 3. The molecule has 1 unspecified atom stereocenters. The summed E-state index contributed by atoms with van der Waals surface area (Å²) in [5.41, 5.74) is -2.70. The first-order valence-electron chi connectivity index (χ1n) is 4.14. The fraction of sp³-hybridized carbons (Fsp3) is 1.00. The van der Waals surface area contributed by atoms with Crippen LogP contribution in [0.5, 0.6) is 0 Å². The minimum Gasteiger partial charge on any atom is -0.449 e. The summed E-state index contributed by atoms with van der Waals surface area (Å²) in [6.45, 7) is 3.99. The molecule has 0 rings (SSSR count). The lowest BCUT2D eigenvalue weighted by Gasteiger charge is -2.30. The Kier molecular flexibility index (Phi) is 8.16. The molecule has 86 valence electrons. The van der Waals surface area contributed by atoms with Gasteiger partial charge in [0.15, 0.2) is 0 Å². The molecule has 0 N–H and O–H groups in total. The smallest absolute Gasteiger partial charge is 0.353 e. The molecule has 0 bridgehead atoms. The minimum absolute atomic E-state index is 0.732. The molecule has 0 saturated carbocycles. The van der Waals surface area contributed by atoms with E-state index in [-0.39, 0.29) is 0 Å². The fourth-order valence-electron chi connectivity index (χ4n) is 0.673. The van der Waals surface area contributed by atoms with Crippen molar-refractivity contribution in [3.05, 3.63) is 0 Å². The van der Waals surface area contributed by atoms with E-state index in [0.29, 0.717) is 0 Å². The summed E-state index contributed by atoms with van der Waals surface area (Å²) in [5.74, 6) is 0. The molecule has 0 saturated heterocycles. The van der Waals surface area contributed by atoms with Gasteiger partial charge in [-0.25, -0.2) is 0 Å². The monoisotopic (exact) mass is 344 g/mol. The molecule has 0 fully saturated rings. The molecule has 0 radical (unpaired) electrons. The van der Waals surface area contributed by atoms with E-state index in [1.165, 1.54) is 0 Å². The molecule has 0 spiro atoms. The van der Waals surface area contributed by atoms with Crippen molar-refractivity contribution in [1.82, 2.24) is 0 Å². The van der Waals surface area contributed by atoms with Crippen LogP contribution >= 0.6 is 33.2 Å². The molecule has 0 aromatic heterocycles. The Morgan fingerprint density at radius 3 is 2.21 bits per heavy atom. The third kappa shape index (κ3) is 5.25. The van der Waals surface area contributed by atoms with Gasteiger partial charge in [-0.15, -0.1) is 33.2 Å². The Hall–Kier alpha value is 1.83. The van der Waals surface area contributed by atoms with Gasteiger partial charge in [-0.2, -0.15) is 0 Å². The van der Waals surface area contributed by atoms with Gasteiger partial charge in [0.25, 0.3) is 20.0 Å². The van der Waals surface area contributed by atoms with E-state index in [9.17, 15) is 0 Å². The van der Waals surface area contributed by atoms with Crippen molar-refractivity contribution in [3.8, 4) is 0 Å². The van der Waals surface area contributed by atoms with Gasteiger partial charge in [0.05, 0.1) is 0 Å². The van der Waals surface area contributed by atoms with Crippen molar-refractivity contribution in [1.29, 1.82) is 0 Å². The van der Waals surface area contributed by atoms with Crippen LogP contribution in [-0.4, -0.2) is 43.9 Å². The van der Waals surface area contributed by atoms with Crippen LogP contribution in [0.2, 0.25) is 12.6 Å². The lowest BCUT2D eigenvalue weighted by atomic mass is 11.0. The van der Waals surface area contributed by atoms with Gasteiger partial charge < -0.3 is 12.3 Å². The zero-order chi connectivity index (χ0) is 11.2. The van der Waals surface area contributed by atoms with Gasteiger partial charge in [0.2, 0.25) is 7.83 Å². The van der Waals surface area contributed by atoms with Crippen molar-refractivity contribution in [3.63, 3.8) is 0 Å². The van der Waals surface area contributed by atoms with Crippen LogP contribution < -0.4 is 0 Å². The molecule has 0 heterocycles. The van der Waals surface area contributed by atoms with Crippen molar-refractivity contribution in [2.75, 3.05) is 0 Å².